The van der Waals surface area contributed by atoms with E-state index in [4.69, 9.17) is 10.5 Å². The fraction of sp³-hybridized carbons (Fsp3) is 0.250. The highest BCUT2D eigenvalue weighted by molar-refractivity contribution is 6.09. The highest BCUT2D eigenvalue weighted by atomic mass is 16.5. The Morgan fingerprint density at radius 3 is 2.75 bits per heavy atom. The summed E-state index contributed by atoms with van der Waals surface area (Å²) in [6.07, 6.45) is 3.57. The Bertz CT molecular complexity index is 768. The lowest BCUT2D eigenvalue weighted by Crippen LogP contribution is -2.38. The lowest BCUT2D eigenvalue weighted by molar-refractivity contribution is -0.117. The summed E-state index contributed by atoms with van der Waals surface area (Å²) in [6, 6.07) is 15.6. The number of para-hydroxylation sites is 2. The number of carbonyl (C=O) groups is 1. The van der Waals surface area contributed by atoms with Crippen LogP contribution in [0.4, 0.5) is 5.69 Å². The van der Waals surface area contributed by atoms with Crippen molar-refractivity contribution in [1.82, 2.24) is 0 Å². The van der Waals surface area contributed by atoms with Crippen molar-refractivity contribution in [2.75, 3.05) is 18.0 Å². The van der Waals surface area contributed by atoms with Gasteiger partial charge in [0.15, 0.2) is 11.5 Å². The van der Waals surface area contributed by atoms with E-state index in [0.717, 1.165) is 29.7 Å². The molecule has 0 bridgehead atoms. The molecule has 1 heterocycles. The van der Waals surface area contributed by atoms with Gasteiger partial charge in [0.25, 0.3) is 5.91 Å². The molecule has 0 aliphatic carbocycles. The summed E-state index contributed by atoms with van der Waals surface area (Å²) in [6.45, 7) is 3.30. The molecule has 0 saturated heterocycles. The molecule has 4 heteroatoms. The van der Waals surface area contributed by atoms with Gasteiger partial charge >= 0.3 is 0 Å². The molecular weight excluding hydrogens is 300 g/mol. The molecule has 0 atom stereocenters. The van der Waals surface area contributed by atoms with E-state index >= 15 is 0 Å². The maximum Gasteiger partial charge on any atom is 0.294 e. The molecule has 4 nitrogen and oxygen atoms in total. The van der Waals surface area contributed by atoms with E-state index < -0.39 is 0 Å². The molecular formula is C20H22N2O2. The molecule has 1 amide bonds. The molecule has 124 valence electrons. The highest BCUT2D eigenvalue weighted by Gasteiger charge is 2.29. The standard InChI is InChI=1S/C20H22N2O2/c1-15-7-6-8-16(13-15)14-19-20(23)22(12-5-4-11-21)17-9-2-3-10-18(17)24-19/h2-3,6-10,13-14H,4-5,11-12,21H2,1H3/b19-14+. The SMILES string of the molecule is Cc1cccc(/C=C2/Oc3ccccc3N(CCCCN)C2=O)c1. The smallest absolute Gasteiger partial charge is 0.294 e. The molecule has 2 aromatic carbocycles. The van der Waals surface area contributed by atoms with Crippen LogP contribution in [0.2, 0.25) is 0 Å². The number of unbranched alkanes of at least 4 members (excludes halogenated alkanes) is 1. The van der Waals surface area contributed by atoms with E-state index in [0.29, 0.717) is 24.6 Å². The van der Waals surface area contributed by atoms with Crippen molar-refractivity contribution in [3.05, 3.63) is 65.4 Å². The second kappa shape index (κ2) is 7.32. The van der Waals surface area contributed by atoms with Crippen LogP contribution >= 0.6 is 0 Å². The number of nitrogens with zero attached hydrogens (tertiary/aromatic N) is 1. The molecule has 24 heavy (non-hydrogen) atoms. The first-order valence-corrected chi connectivity index (χ1v) is 8.26. The van der Waals surface area contributed by atoms with E-state index in [1.807, 2.05) is 55.5 Å². The van der Waals surface area contributed by atoms with Crippen molar-refractivity contribution in [3.8, 4) is 5.75 Å². The molecule has 0 spiro atoms. The summed E-state index contributed by atoms with van der Waals surface area (Å²) < 4.78 is 5.87. The van der Waals surface area contributed by atoms with Gasteiger partial charge in [-0.1, -0.05) is 42.0 Å². The molecule has 0 fully saturated rings. The largest absolute Gasteiger partial charge is 0.449 e. The van der Waals surface area contributed by atoms with Gasteiger partial charge in [-0.25, -0.2) is 0 Å². The van der Waals surface area contributed by atoms with Gasteiger partial charge in [-0.3, -0.25) is 4.79 Å². The number of ether oxygens (including phenoxy) is 1. The third kappa shape index (κ3) is 3.49. The van der Waals surface area contributed by atoms with Crippen molar-refractivity contribution < 1.29 is 9.53 Å². The highest BCUT2D eigenvalue weighted by Crippen LogP contribution is 2.35. The first-order valence-electron chi connectivity index (χ1n) is 8.26. The fourth-order valence-electron chi connectivity index (χ4n) is 2.81. The predicted octanol–water partition coefficient (Wildman–Crippen LogP) is 3.50. The second-order valence-corrected chi connectivity index (χ2v) is 5.95. The lowest BCUT2D eigenvalue weighted by Gasteiger charge is -2.30. The topological polar surface area (TPSA) is 55.6 Å². The number of carbonyl (C=O) groups excluding carboxylic acids is 1. The minimum absolute atomic E-state index is 0.104. The number of anilines is 1. The number of fused-ring (bicyclic) bond motifs is 1. The fourth-order valence-corrected chi connectivity index (χ4v) is 2.81. The Hall–Kier alpha value is -2.59. The summed E-state index contributed by atoms with van der Waals surface area (Å²) in [7, 11) is 0. The van der Waals surface area contributed by atoms with Gasteiger partial charge < -0.3 is 15.4 Å². The lowest BCUT2D eigenvalue weighted by atomic mass is 10.1. The van der Waals surface area contributed by atoms with E-state index in [-0.39, 0.29) is 5.91 Å². The van der Waals surface area contributed by atoms with Gasteiger partial charge in [0.05, 0.1) is 5.69 Å². The summed E-state index contributed by atoms with van der Waals surface area (Å²) in [5.41, 5.74) is 8.50. The normalized spacial score (nSPS) is 15.3. The Labute approximate surface area is 142 Å². The quantitative estimate of drug-likeness (QED) is 0.677. The van der Waals surface area contributed by atoms with Gasteiger partial charge in [-0.15, -0.1) is 0 Å². The van der Waals surface area contributed by atoms with Crippen molar-refractivity contribution in [1.29, 1.82) is 0 Å². The average molecular weight is 322 g/mol. The number of hydrogen-bond donors (Lipinski definition) is 1. The molecule has 3 rings (SSSR count). The number of aryl methyl sites for hydroxylation is 1. The second-order valence-electron chi connectivity index (χ2n) is 5.95. The number of amides is 1. The number of hydrogen-bond acceptors (Lipinski definition) is 3. The van der Waals surface area contributed by atoms with Crippen LogP contribution in [0.1, 0.15) is 24.0 Å². The Morgan fingerprint density at radius 1 is 1.12 bits per heavy atom. The van der Waals surface area contributed by atoms with Gasteiger partial charge in [0, 0.05) is 6.54 Å². The molecule has 1 aliphatic rings. The van der Waals surface area contributed by atoms with Crippen molar-refractivity contribution in [3.63, 3.8) is 0 Å². The maximum absolute atomic E-state index is 12.9. The van der Waals surface area contributed by atoms with E-state index in [9.17, 15) is 4.79 Å². The zero-order valence-electron chi connectivity index (χ0n) is 13.9. The monoisotopic (exact) mass is 322 g/mol. The molecule has 0 saturated carbocycles. The summed E-state index contributed by atoms with van der Waals surface area (Å²) in [4.78, 5) is 14.7. The Morgan fingerprint density at radius 2 is 1.96 bits per heavy atom. The van der Waals surface area contributed by atoms with Crippen LogP contribution in [0, 0.1) is 6.92 Å². The molecule has 0 radical (unpaired) electrons. The molecule has 0 aromatic heterocycles. The van der Waals surface area contributed by atoms with E-state index in [1.54, 1.807) is 11.0 Å². The van der Waals surface area contributed by atoms with Crippen LogP contribution < -0.4 is 15.4 Å². The van der Waals surface area contributed by atoms with Gasteiger partial charge in [0.1, 0.15) is 0 Å². The summed E-state index contributed by atoms with van der Waals surface area (Å²) in [5, 5.41) is 0. The van der Waals surface area contributed by atoms with Gasteiger partial charge in [-0.05, 0) is 50.1 Å². The first-order chi connectivity index (χ1) is 11.7. The van der Waals surface area contributed by atoms with Crippen molar-refractivity contribution in [2.24, 2.45) is 5.73 Å². The van der Waals surface area contributed by atoms with Crippen LogP contribution in [0.25, 0.3) is 6.08 Å². The first kappa shape index (κ1) is 16.3. The van der Waals surface area contributed by atoms with Crippen LogP contribution in [0.5, 0.6) is 5.75 Å². The number of nitrogens with two attached hydrogens (primary N) is 1. The van der Waals surface area contributed by atoms with E-state index in [1.165, 1.54) is 0 Å². The Kier molecular flexibility index (Phi) is 4.96. The maximum atomic E-state index is 12.9. The molecule has 2 aromatic rings. The van der Waals surface area contributed by atoms with Gasteiger partial charge in [-0.2, -0.15) is 0 Å². The third-order valence-corrected chi connectivity index (χ3v) is 4.01. The average Bonchev–Trinajstić information content (AvgIpc) is 2.58. The van der Waals surface area contributed by atoms with E-state index in [2.05, 4.69) is 0 Å². The zero-order valence-corrected chi connectivity index (χ0v) is 13.9. The minimum atomic E-state index is -0.104. The zero-order chi connectivity index (χ0) is 16.9. The van der Waals surface area contributed by atoms with Crippen molar-refractivity contribution in [2.45, 2.75) is 19.8 Å². The third-order valence-electron chi connectivity index (χ3n) is 4.01. The van der Waals surface area contributed by atoms with Crippen LogP contribution in [0.3, 0.4) is 0 Å². The minimum Gasteiger partial charge on any atom is -0.449 e. The van der Waals surface area contributed by atoms with Crippen LogP contribution in [-0.2, 0) is 4.79 Å². The summed E-state index contributed by atoms with van der Waals surface area (Å²) >= 11 is 0. The molecule has 1 aliphatic heterocycles. The predicted molar refractivity (Wildman–Crippen MR) is 96.9 cm³/mol. The molecule has 0 unspecified atom stereocenters. The summed E-state index contributed by atoms with van der Waals surface area (Å²) in [5.74, 6) is 0.961. The van der Waals surface area contributed by atoms with Crippen LogP contribution in [-0.4, -0.2) is 19.0 Å². The number of benzene rings is 2. The van der Waals surface area contributed by atoms with Gasteiger partial charge in [0.2, 0.25) is 0 Å². The van der Waals surface area contributed by atoms with Crippen molar-refractivity contribution >= 4 is 17.7 Å². The van der Waals surface area contributed by atoms with Crippen LogP contribution in [0.15, 0.2) is 54.3 Å². The number of rotatable bonds is 5. The molecule has 2 N–H and O–H groups in total. The Balaban J connectivity index is 1.94.